The summed E-state index contributed by atoms with van der Waals surface area (Å²) in [6.45, 7) is 15.3. The Bertz CT molecular complexity index is 528. The minimum atomic E-state index is -1.84. The molecule has 0 radical (unpaired) electrons. The molecule has 0 saturated carbocycles. The molecule has 0 N–H and O–H groups in total. The van der Waals surface area contributed by atoms with Gasteiger partial charge in [-0.1, -0.05) is 94.5 Å². The topological polar surface area (TPSA) is 27.7 Å². The molecule has 1 aliphatic heterocycles. The van der Waals surface area contributed by atoms with Gasteiger partial charge in [-0.3, -0.25) is 0 Å². The molecule has 1 heterocycles. The molecular weight excluding hydrogens is 467 g/mol. The minimum Gasteiger partial charge on any atom is -0.413 e. The SMILES string of the molecule is CC(C)[Si](OC[C@H]1CC[C@@H](I)[C@H](OCc2ccccc2)O1)(C(C)C)C(C)C. The Morgan fingerprint density at radius 2 is 1.59 bits per heavy atom. The lowest BCUT2D eigenvalue weighted by molar-refractivity contribution is -0.198. The van der Waals surface area contributed by atoms with Gasteiger partial charge in [0.1, 0.15) is 0 Å². The molecule has 2 rings (SSSR count). The van der Waals surface area contributed by atoms with Crippen LogP contribution in [0.2, 0.25) is 16.6 Å². The molecule has 0 aromatic heterocycles. The van der Waals surface area contributed by atoms with Gasteiger partial charge in [0.15, 0.2) is 14.6 Å². The summed E-state index contributed by atoms with van der Waals surface area (Å²) in [7, 11) is -1.84. The first-order valence-electron chi connectivity index (χ1n) is 10.4. The number of rotatable bonds is 9. The zero-order valence-corrected chi connectivity index (χ0v) is 20.9. The lowest BCUT2D eigenvalue weighted by Gasteiger charge is -2.44. The molecule has 1 saturated heterocycles. The molecule has 0 aliphatic carbocycles. The lowest BCUT2D eigenvalue weighted by Crippen LogP contribution is -2.50. The van der Waals surface area contributed by atoms with Crippen LogP contribution in [0.1, 0.15) is 59.9 Å². The quantitative estimate of drug-likeness (QED) is 0.213. The van der Waals surface area contributed by atoms with E-state index in [0.717, 1.165) is 12.8 Å². The maximum atomic E-state index is 6.76. The summed E-state index contributed by atoms with van der Waals surface area (Å²) in [4.78, 5) is 0. The summed E-state index contributed by atoms with van der Waals surface area (Å²) in [6, 6.07) is 10.3. The molecule has 0 amide bonds. The fourth-order valence-electron chi connectivity index (χ4n) is 4.58. The fourth-order valence-corrected chi connectivity index (χ4v) is 10.8. The van der Waals surface area contributed by atoms with Crippen molar-refractivity contribution in [1.29, 1.82) is 0 Å². The number of hydrogen-bond donors (Lipinski definition) is 0. The Morgan fingerprint density at radius 1 is 1.00 bits per heavy atom. The van der Waals surface area contributed by atoms with Crippen LogP contribution in [0.5, 0.6) is 0 Å². The maximum absolute atomic E-state index is 6.76. The number of halogens is 1. The molecule has 1 aromatic carbocycles. The predicted octanol–water partition coefficient (Wildman–Crippen LogP) is 6.70. The number of benzene rings is 1. The molecule has 1 aliphatic rings. The predicted molar refractivity (Wildman–Crippen MR) is 124 cm³/mol. The molecule has 0 spiro atoms. The van der Waals surface area contributed by atoms with Crippen LogP contribution >= 0.6 is 22.6 Å². The summed E-state index contributed by atoms with van der Waals surface area (Å²) in [5, 5.41) is 0. The average Bonchev–Trinajstić information content (AvgIpc) is 2.62. The molecule has 3 atom stereocenters. The normalized spacial score (nSPS) is 24.1. The van der Waals surface area contributed by atoms with Gasteiger partial charge >= 0.3 is 0 Å². The second-order valence-corrected chi connectivity index (χ2v) is 15.7. The first-order valence-corrected chi connectivity index (χ1v) is 13.7. The van der Waals surface area contributed by atoms with Crippen molar-refractivity contribution in [2.24, 2.45) is 0 Å². The molecule has 154 valence electrons. The highest BCUT2D eigenvalue weighted by molar-refractivity contribution is 14.1. The molecule has 3 nitrogen and oxygen atoms in total. The van der Waals surface area contributed by atoms with Crippen LogP contribution in [0.4, 0.5) is 0 Å². The molecule has 0 bridgehead atoms. The van der Waals surface area contributed by atoms with Crippen molar-refractivity contribution in [2.45, 2.75) is 93.9 Å². The minimum absolute atomic E-state index is 0.139. The lowest BCUT2D eigenvalue weighted by atomic mass is 10.1. The van der Waals surface area contributed by atoms with Crippen molar-refractivity contribution in [2.75, 3.05) is 6.61 Å². The Hall–Kier alpha value is 0.0469. The van der Waals surface area contributed by atoms with Crippen LogP contribution in [0, 0.1) is 0 Å². The monoisotopic (exact) mass is 504 g/mol. The van der Waals surface area contributed by atoms with Crippen molar-refractivity contribution in [3.05, 3.63) is 35.9 Å². The summed E-state index contributed by atoms with van der Waals surface area (Å²) in [6.07, 6.45) is 2.16. The van der Waals surface area contributed by atoms with Gasteiger partial charge in [0.05, 0.1) is 23.2 Å². The van der Waals surface area contributed by atoms with Crippen LogP contribution in [0.15, 0.2) is 30.3 Å². The van der Waals surface area contributed by atoms with E-state index in [9.17, 15) is 0 Å². The van der Waals surface area contributed by atoms with Gasteiger partial charge in [0.25, 0.3) is 0 Å². The van der Waals surface area contributed by atoms with Crippen LogP contribution in [0.3, 0.4) is 0 Å². The van der Waals surface area contributed by atoms with Crippen LogP contribution in [-0.2, 0) is 20.5 Å². The summed E-state index contributed by atoms with van der Waals surface area (Å²) in [5.74, 6) is 0. The summed E-state index contributed by atoms with van der Waals surface area (Å²) < 4.78 is 19.6. The highest BCUT2D eigenvalue weighted by Crippen LogP contribution is 2.42. The molecule has 5 heteroatoms. The zero-order chi connectivity index (χ0) is 20.0. The van der Waals surface area contributed by atoms with Crippen LogP contribution in [-0.4, -0.2) is 31.2 Å². The largest absolute Gasteiger partial charge is 0.413 e. The Balaban J connectivity index is 1.94. The van der Waals surface area contributed by atoms with Crippen LogP contribution in [0.25, 0.3) is 0 Å². The number of alkyl halides is 1. The van der Waals surface area contributed by atoms with Crippen molar-refractivity contribution in [3.8, 4) is 0 Å². The third-order valence-electron chi connectivity index (χ3n) is 5.87. The number of hydrogen-bond acceptors (Lipinski definition) is 3. The maximum Gasteiger partial charge on any atom is 0.200 e. The average molecular weight is 505 g/mol. The van der Waals surface area contributed by atoms with E-state index >= 15 is 0 Å². The van der Waals surface area contributed by atoms with E-state index in [1.54, 1.807) is 0 Å². The third-order valence-corrected chi connectivity index (χ3v) is 13.2. The van der Waals surface area contributed by atoms with Gasteiger partial charge < -0.3 is 13.9 Å². The van der Waals surface area contributed by atoms with Gasteiger partial charge in [-0.15, -0.1) is 0 Å². The zero-order valence-electron chi connectivity index (χ0n) is 17.8. The van der Waals surface area contributed by atoms with Gasteiger partial charge in [-0.25, -0.2) is 0 Å². The van der Waals surface area contributed by atoms with E-state index in [2.05, 4.69) is 76.3 Å². The van der Waals surface area contributed by atoms with Gasteiger partial charge in [0, 0.05) is 0 Å². The van der Waals surface area contributed by atoms with E-state index in [4.69, 9.17) is 13.9 Å². The van der Waals surface area contributed by atoms with E-state index in [1.165, 1.54) is 5.56 Å². The summed E-state index contributed by atoms with van der Waals surface area (Å²) >= 11 is 2.47. The summed E-state index contributed by atoms with van der Waals surface area (Å²) in [5.41, 5.74) is 2.99. The first kappa shape index (κ1) is 23.3. The standard InChI is InChI=1S/C22H37IO3Si/c1-16(2)27(17(3)4,18(5)6)25-15-20-12-13-21(23)22(26-20)24-14-19-10-8-7-9-11-19/h7-11,16-18,20-22H,12-15H2,1-6H3/t20-,21-,22-/m1/s1. The third kappa shape index (κ3) is 6.01. The smallest absolute Gasteiger partial charge is 0.200 e. The highest BCUT2D eigenvalue weighted by atomic mass is 127. The first-order chi connectivity index (χ1) is 12.8. The van der Waals surface area contributed by atoms with Crippen LogP contribution < -0.4 is 0 Å². The van der Waals surface area contributed by atoms with E-state index in [-0.39, 0.29) is 12.4 Å². The van der Waals surface area contributed by atoms with Crippen molar-refractivity contribution in [3.63, 3.8) is 0 Å². The second kappa shape index (κ2) is 10.7. The molecule has 27 heavy (non-hydrogen) atoms. The van der Waals surface area contributed by atoms with E-state index < -0.39 is 8.32 Å². The Morgan fingerprint density at radius 3 is 2.15 bits per heavy atom. The van der Waals surface area contributed by atoms with Gasteiger partial charge in [-0.05, 0) is 35.0 Å². The highest BCUT2D eigenvalue weighted by Gasteiger charge is 2.45. The van der Waals surface area contributed by atoms with Crippen molar-refractivity contribution in [1.82, 2.24) is 0 Å². The number of ether oxygens (including phenoxy) is 2. The van der Waals surface area contributed by atoms with E-state index in [1.807, 2.05) is 18.2 Å². The van der Waals surface area contributed by atoms with Gasteiger partial charge in [0.2, 0.25) is 0 Å². The van der Waals surface area contributed by atoms with Gasteiger partial charge in [-0.2, -0.15) is 0 Å². The van der Waals surface area contributed by atoms with Crippen molar-refractivity contribution < 1.29 is 13.9 Å². The van der Waals surface area contributed by atoms with E-state index in [0.29, 0.717) is 33.8 Å². The second-order valence-electron chi connectivity index (χ2n) is 8.65. The molecule has 1 fully saturated rings. The molecule has 0 unspecified atom stereocenters. The Labute approximate surface area is 180 Å². The fraction of sp³-hybridized carbons (Fsp3) is 0.727. The Kier molecular flexibility index (Phi) is 9.26. The molecular formula is C22H37IO3Si. The van der Waals surface area contributed by atoms with Crippen molar-refractivity contribution >= 4 is 30.9 Å². The molecule has 1 aromatic rings.